The zero-order valence-electron chi connectivity index (χ0n) is 11.8. The van der Waals surface area contributed by atoms with E-state index in [1.165, 1.54) is 0 Å². The molecular weight excluding hydrogens is 240 g/mol. The fourth-order valence-corrected chi connectivity index (χ4v) is 2.63. The van der Waals surface area contributed by atoms with Crippen LogP contribution in [0.4, 0.5) is 0 Å². The Morgan fingerprint density at radius 1 is 1.37 bits per heavy atom. The van der Waals surface area contributed by atoms with Crippen molar-refractivity contribution in [1.82, 2.24) is 10.2 Å². The predicted octanol–water partition coefficient (Wildman–Crippen LogP) is 1.93. The summed E-state index contributed by atoms with van der Waals surface area (Å²) in [7, 11) is 1.67. The van der Waals surface area contributed by atoms with Gasteiger partial charge in [0.05, 0.1) is 18.7 Å². The lowest BCUT2D eigenvalue weighted by atomic mass is 10.1. The second-order valence-electron chi connectivity index (χ2n) is 4.99. The number of amides is 1. The van der Waals surface area contributed by atoms with Gasteiger partial charge in [0, 0.05) is 7.11 Å². The Bertz CT molecular complexity index is 421. The van der Waals surface area contributed by atoms with E-state index in [1.54, 1.807) is 7.11 Å². The van der Waals surface area contributed by atoms with Crippen molar-refractivity contribution in [3.8, 4) is 0 Å². The van der Waals surface area contributed by atoms with Crippen LogP contribution in [-0.4, -0.2) is 36.6 Å². The van der Waals surface area contributed by atoms with Crippen molar-refractivity contribution >= 4 is 5.91 Å². The van der Waals surface area contributed by atoms with Crippen LogP contribution < -0.4 is 5.32 Å². The van der Waals surface area contributed by atoms with Crippen LogP contribution in [-0.2, 0) is 9.53 Å². The van der Waals surface area contributed by atoms with Gasteiger partial charge in [0.15, 0.2) is 0 Å². The predicted molar refractivity (Wildman–Crippen MR) is 74.6 cm³/mol. The minimum Gasteiger partial charge on any atom is -0.383 e. The molecule has 1 saturated heterocycles. The Labute approximate surface area is 114 Å². The number of nitrogens with one attached hydrogen (secondary N) is 1. The summed E-state index contributed by atoms with van der Waals surface area (Å²) in [5, 5.41) is 3.42. The second-order valence-corrected chi connectivity index (χ2v) is 4.99. The van der Waals surface area contributed by atoms with E-state index in [4.69, 9.17) is 4.74 Å². The molecule has 4 nitrogen and oxygen atoms in total. The van der Waals surface area contributed by atoms with Gasteiger partial charge in [-0.1, -0.05) is 37.3 Å². The molecule has 1 aliphatic heterocycles. The highest BCUT2D eigenvalue weighted by Crippen LogP contribution is 2.28. The van der Waals surface area contributed by atoms with Crippen molar-refractivity contribution in [2.45, 2.75) is 38.5 Å². The van der Waals surface area contributed by atoms with Crippen LogP contribution >= 0.6 is 0 Å². The first-order valence-electron chi connectivity index (χ1n) is 6.81. The van der Waals surface area contributed by atoms with Crippen LogP contribution in [0, 0.1) is 0 Å². The lowest BCUT2D eigenvalue weighted by Crippen LogP contribution is -2.40. The number of benzene rings is 1. The summed E-state index contributed by atoms with van der Waals surface area (Å²) < 4.78 is 5.20. The third kappa shape index (κ3) is 2.80. The highest BCUT2D eigenvalue weighted by atomic mass is 16.5. The Kier molecular flexibility index (Phi) is 4.56. The third-order valence-corrected chi connectivity index (χ3v) is 3.60. The Hall–Kier alpha value is -1.39. The second kappa shape index (κ2) is 6.17. The van der Waals surface area contributed by atoms with Gasteiger partial charge in [-0.3, -0.25) is 10.1 Å². The largest absolute Gasteiger partial charge is 0.383 e. The van der Waals surface area contributed by atoms with Gasteiger partial charge < -0.3 is 9.64 Å². The molecule has 2 rings (SSSR count). The maximum absolute atomic E-state index is 12.4. The molecule has 104 valence electrons. The summed E-state index contributed by atoms with van der Waals surface area (Å²) in [6, 6.07) is 10.1. The van der Waals surface area contributed by atoms with E-state index in [1.807, 2.05) is 36.9 Å². The number of carbonyl (C=O) groups is 1. The molecule has 1 aromatic carbocycles. The van der Waals surface area contributed by atoms with E-state index in [-0.39, 0.29) is 24.2 Å². The first-order chi connectivity index (χ1) is 9.19. The molecule has 1 heterocycles. The van der Waals surface area contributed by atoms with E-state index in [9.17, 15) is 4.79 Å². The van der Waals surface area contributed by atoms with Crippen LogP contribution in [0.1, 0.15) is 32.0 Å². The van der Waals surface area contributed by atoms with Crippen LogP contribution in [0.2, 0.25) is 0 Å². The molecule has 1 fully saturated rings. The minimum absolute atomic E-state index is 0.0520. The molecule has 0 spiro atoms. The standard InChI is InChI=1S/C15H22N2O2/c1-4-13-15(18)17(11(2)10-19-3)14(16-13)12-8-6-5-7-9-12/h5-9,11,13-14,16H,4,10H2,1-3H3. The normalized spacial score (nSPS) is 24.8. The Morgan fingerprint density at radius 3 is 2.63 bits per heavy atom. The van der Waals surface area contributed by atoms with Gasteiger partial charge in [-0.2, -0.15) is 0 Å². The van der Waals surface area contributed by atoms with Crippen LogP contribution in [0.3, 0.4) is 0 Å². The molecule has 1 amide bonds. The SMILES string of the molecule is CCC1NC(c2ccccc2)N(C(C)COC)C1=O. The molecule has 1 N–H and O–H groups in total. The Balaban J connectivity index is 2.26. The van der Waals surface area contributed by atoms with E-state index in [2.05, 4.69) is 17.4 Å². The molecule has 0 radical (unpaired) electrons. The maximum atomic E-state index is 12.4. The molecule has 0 aromatic heterocycles. The monoisotopic (exact) mass is 262 g/mol. The number of carbonyl (C=O) groups excluding carboxylic acids is 1. The molecule has 0 saturated carbocycles. The molecule has 4 heteroatoms. The van der Waals surface area contributed by atoms with Gasteiger partial charge in [-0.15, -0.1) is 0 Å². The fraction of sp³-hybridized carbons (Fsp3) is 0.533. The molecule has 19 heavy (non-hydrogen) atoms. The lowest BCUT2D eigenvalue weighted by Gasteiger charge is -2.30. The van der Waals surface area contributed by atoms with Crippen LogP contribution in [0.5, 0.6) is 0 Å². The average molecular weight is 262 g/mol. The first-order valence-corrected chi connectivity index (χ1v) is 6.81. The number of methoxy groups -OCH3 is 1. The molecular formula is C15H22N2O2. The topological polar surface area (TPSA) is 41.6 Å². The smallest absolute Gasteiger partial charge is 0.241 e. The highest BCUT2D eigenvalue weighted by Gasteiger charge is 2.40. The summed E-state index contributed by atoms with van der Waals surface area (Å²) in [6.07, 6.45) is 0.752. The zero-order chi connectivity index (χ0) is 13.8. The summed E-state index contributed by atoms with van der Waals surface area (Å²) >= 11 is 0. The van der Waals surface area contributed by atoms with Gasteiger partial charge in [0.25, 0.3) is 0 Å². The van der Waals surface area contributed by atoms with Gasteiger partial charge in [0.1, 0.15) is 6.17 Å². The first kappa shape index (κ1) is 14.0. The van der Waals surface area contributed by atoms with E-state index < -0.39 is 0 Å². The zero-order valence-corrected chi connectivity index (χ0v) is 11.8. The quantitative estimate of drug-likeness (QED) is 0.881. The van der Waals surface area contributed by atoms with Crippen molar-refractivity contribution in [1.29, 1.82) is 0 Å². The molecule has 1 aromatic rings. The van der Waals surface area contributed by atoms with Crippen LogP contribution in [0.25, 0.3) is 0 Å². The minimum atomic E-state index is -0.0930. The van der Waals surface area contributed by atoms with Gasteiger partial charge in [0.2, 0.25) is 5.91 Å². The van der Waals surface area contributed by atoms with Crippen molar-refractivity contribution in [3.05, 3.63) is 35.9 Å². The maximum Gasteiger partial charge on any atom is 0.241 e. The number of hydrogen-bond donors (Lipinski definition) is 1. The van der Waals surface area contributed by atoms with E-state index in [0.29, 0.717) is 6.61 Å². The molecule has 0 bridgehead atoms. The van der Waals surface area contributed by atoms with Gasteiger partial charge in [-0.25, -0.2) is 0 Å². The van der Waals surface area contributed by atoms with Crippen molar-refractivity contribution in [3.63, 3.8) is 0 Å². The fourth-order valence-electron chi connectivity index (χ4n) is 2.63. The Morgan fingerprint density at radius 2 is 2.05 bits per heavy atom. The average Bonchev–Trinajstić information content (AvgIpc) is 2.77. The van der Waals surface area contributed by atoms with Crippen LogP contribution in [0.15, 0.2) is 30.3 Å². The lowest BCUT2D eigenvalue weighted by molar-refractivity contribution is -0.133. The number of hydrogen-bond acceptors (Lipinski definition) is 3. The summed E-state index contributed by atoms with van der Waals surface area (Å²) in [4.78, 5) is 14.4. The van der Waals surface area contributed by atoms with Crippen molar-refractivity contribution in [2.24, 2.45) is 0 Å². The molecule has 0 aliphatic carbocycles. The molecule has 3 atom stereocenters. The third-order valence-electron chi connectivity index (χ3n) is 3.60. The van der Waals surface area contributed by atoms with Crippen molar-refractivity contribution < 1.29 is 9.53 Å². The number of ether oxygens (including phenoxy) is 1. The number of nitrogens with zero attached hydrogens (tertiary/aromatic N) is 1. The number of rotatable bonds is 5. The molecule has 3 unspecified atom stereocenters. The van der Waals surface area contributed by atoms with Crippen molar-refractivity contribution in [2.75, 3.05) is 13.7 Å². The van der Waals surface area contributed by atoms with Gasteiger partial charge in [-0.05, 0) is 18.9 Å². The summed E-state index contributed by atoms with van der Waals surface area (Å²) in [6.45, 7) is 4.60. The highest BCUT2D eigenvalue weighted by molar-refractivity contribution is 5.84. The van der Waals surface area contributed by atoms with E-state index >= 15 is 0 Å². The van der Waals surface area contributed by atoms with E-state index in [0.717, 1.165) is 12.0 Å². The summed E-state index contributed by atoms with van der Waals surface area (Å²) in [5.74, 6) is 0.168. The summed E-state index contributed by atoms with van der Waals surface area (Å²) in [5.41, 5.74) is 1.12. The van der Waals surface area contributed by atoms with Gasteiger partial charge >= 0.3 is 0 Å². The molecule has 1 aliphatic rings.